The summed E-state index contributed by atoms with van der Waals surface area (Å²) in [5.41, 5.74) is 0. The van der Waals surface area contributed by atoms with Crippen LogP contribution < -0.4 is 5.32 Å². The van der Waals surface area contributed by atoms with E-state index in [2.05, 4.69) is 15.5 Å². The molecule has 1 heterocycles. The molecule has 98 valence electrons. The molecule has 0 bridgehead atoms. The maximum absolute atomic E-state index is 11.8. The number of likely N-dealkylation sites (N-methyl/N-ethyl adjacent to an activating group) is 1. The highest BCUT2D eigenvalue weighted by Gasteiger charge is 2.05. The lowest BCUT2D eigenvalue weighted by Crippen LogP contribution is -2.15. The van der Waals surface area contributed by atoms with E-state index in [0.717, 1.165) is 29.5 Å². The van der Waals surface area contributed by atoms with Crippen molar-refractivity contribution < 1.29 is 13.5 Å². The van der Waals surface area contributed by atoms with E-state index in [4.69, 9.17) is 4.74 Å². The van der Waals surface area contributed by atoms with Crippen LogP contribution in [-0.4, -0.2) is 42.9 Å². The first kappa shape index (κ1) is 14.4. The molecular weight excluding hydrogens is 248 g/mol. The van der Waals surface area contributed by atoms with Gasteiger partial charge in [-0.25, -0.2) is 8.78 Å². The van der Waals surface area contributed by atoms with Gasteiger partial charge >= 0.3 is 0 Å². The average Bonchev–Trinajstić information content (AvgIpc) is 2.73. The van der Waals surface area contributed by atoms with E-state index in [1.807, 2.05) is 6.92 Å². The summed E-state index contributed by atoms with van der Waals surface area (Å²) in [5.74, 6) is 0. The molecule has 1 aromatic heterocycles. The third kappa shape index (κ3) is 6.60. The third-order valence-corrected chi connectivity index (χ3v) is 3.02. The normalized spacial score (nSPS) is 11.3. The van der Waals surface area contributed by atoms with Gasteiger partial charge in [-0.1, -0.05) is 6.92 Å². The van der Waals surface area contributed by atoms with Crippen molar-refractivity contribution in [1.29, 1.82) is 0 Å². The molecule has 0 aliphatic rings. The zero-order valence-electron chi connectivity index (χ0n) is 9.79. The lowest BCUT2D eigenvalue weighted by atomic mass is 10.4. The fourth-order valence-electron chi connectivity index (χ4n) is 1.19. The summed E-state index contributed by atoms with van der Waals surface area (Å²) in [6.07, 6.45) is -1.00. The summed E-state index contributed by atoms with van der Waals surface area (Å²) in [5, 5.41) is 13.0. The molecule has 1 aromatic rings. The van der Waals surface area contributed by atoms with Gasteiger partial charge in [0, 0.05) is 19.4 Å². The standard InChI is InChI=1S/C10H17F2N3OS/c1-2-13-5-3-9-14-15-10(17-9)4-6-16-7-8(11)12/h8,13H,2-7H2,1H3. The Kier molecular flexibility index (Phi) is 7.14. The fraction of sp³-hybridized carbons (Fsp3) is 0.800. The first-order chi connectivity index (χ1) is 8.22. The Hall–Kier alpha value is -0.660. The molecule has 1 rings (SSSR count). The summed E-state index contributed by atoms with van der Waals surface area (Å²) in [6, 6.07) is 0. The first-order valence-corrected chi connectivity index (χ1v) is 6.42. The molecule has 0 unspecified atom stereocenters. The molecule has 0 aromatic carbocycles. The van der Waals surface area contributed by atoms with Gasteiger partial charge in [-0.2, -0.15) is 0 Å². The number of ether oxygens (including phenoxy) is 1. The van der Waals surface area contributed by atoms with Crippen LogP contribution in [0.5, 0.6) is 0 Å². The number of rotatable bonds is 9. The number of hydrogen-bond acceptors (Lipinski definition) is 5. The van der Waals surface area contributed by atoms with Crippen LogP contribution in [0.25, 0.3) is 0 Å². The number of halogens is 2. The molecular formula is C10H17F2N3OS. The number of hydrogen-bond donors (Lipinski definition) is 1. The van der Waals surface area contributed by atoms with Gasteiger partial charge in [0.15, 0.2) is 0 Å². The minimum Gasteiger partial charge on any atom is -0.375 e. The zero-order valence-corrected chi connectivity index (χ0v) is 10.6. The van der Waals surface area contributed by atoms with Gasteiger partial charge in [0.2, 0.25) is 0 Å². The summed E-state index contributed by atoms with van der Waals surface area (Å²) in [4.78, 5) is 0. The number of nitrogens with zero attached hydrogens (tertiary/aromatic N) is 2. The van der Waals surface area contributed by atoms with Gasteiger partial charge in [0.25, 0.3) is 6.43 Å². The quantitative estimate of drug-likeness (QED) is 0.688. The fourth-order valence-corrected chi connectivity index (χ4v) is 2.02. The summed E-state index contributed by atoms with van der Waals surface area (Å²) in [6.45, 7) is 3.63. The van der Waals surface area contributed by atoms with E-state index >= 15 is 0 Å². The molecule has 0 saturated carbocycles. The Morgan fingerprint density at radius 2 is 2.00 bits per heavy atom. The van der Waals surface area contributed by atoms with E-state index in [-0.39, 0.29) is 6.61 Å². The molecule has 0 aliphatic carbocycles. The van der Waals surface area contributed by atoms with E-state index < -0.39 is 13.0 Å². The van der Waals surface area contributed by atoms with Crippen molar-refractivity contribution in [3.05, 3.63) is 10.0 Å². The lowest BCUT2D eigenvalue weighted by molar-refractivity contribution is 0.0186. The van der Waals surface area contributed by atoms with E-state index in [9.17, 15) is 8.78 Å². The van der Waals surface area contributed by atoms with Crippen LogP contribution in [0, 0.1) is 0 Å². The molecule has 0 spiro atoms. The summed E-state index contributed by atoms with van der Waals surface area (Å²) >= 11 is 1.51. The van der Waals surface area contributed by atoms with E-state index in [0.29, 0.717) is 6.42 Å². The Labute approximate surface area is 103 Å². The van der Waals surface area contributed by atoms with Crippen molar-refractivity contribution in [1.82, 2.24) is 15.5 Å². The Balaban J connectivity index is 2.16. The third-order valence-electron chi connectivity index (χ3n) is 1.98. The summed E-state index contributed by atoms with van der Waals surface area (Å²) in [7, 11) is 0. The van der Waals surface area contributed by atoms with Crippen LogP contribution in [0.3, 0.4) is 0 Å². The van der Waals surface area contributed by atoms with Crippen molar-refractivity contribution in [3.8, 4) is 0 Å². The highest BCUT2D eigenvalue weighted by atomic mass is 32.1. The first-order valence-electron chi connectivity index (χ1n) is 5.60. The SMILES string of the molecule is CCNCCc1nnc(CCOCC(F)F)s1. The molecule has 17 heavy (non-hydrogen) atoms. The molecule has 0 saturated heterocycles. The van der Waals surface area contributed by atoms with Crippen LogP contribution >= 0.6 is 11.3 Å². The molecule has 0 amide bonds. The molecule has 0 radical (unpaired) electrons. The van der Waals surface area contributed by atoms with Crippen molar-refractivity contribution >= 4 is 11.3 Å². The van der Waals surface area contributed by atoms with Crippen molar-refractivity contribution in [3.63, 3.8) is 0 Å². The van der Waals surface area contributed by atoms with Gasteiger partial charge < -0.3 is 10.1 Å². The molecule has 7 heteroatoms. The number of nitrogens with one attached hydrogen (secondary N) is 1. The predicted octanol–water partition coefficient (Wildman–Crippen LogP) is 1.51. The second-order valence-corrected chi connectivity index (χ2v) is 4.56. The average molecular weight is 265 g/mol. The van der Waals surface area contributed by atoms with Crippen LogP contribution in [-0.2, 0) is 17.6 Å². The zero-order chi connectivity index (χ0) is 12.5. The Morgan fingerprint density at radius 3 is 2.65 bits per heavy atom. The molecule has 1 N–H and O–H groups in total. The molecule has 0 fully saturated rings. The van der Waals surface area contributed by atoms with E-state index in [1.54, 1.807) is 0 Å². The second-order valence-electron chi connectivity index (χ2n) is 3.41. The number of aromatic nitrogens is 2. The molecule has 0 aliphatic heterocycles. The van der Waals surface area contributed by atoms with E-state index in [1.165, 1.54) is 11.3 Å². The Bertz CT molecular complexity index is 309. The van der Waals surface area contributed by atoms with Crippen LogP contribution in [0.15, 0.2) is 0 Å². The van der Waals surface area contributed by atoms with Crippen molar-refractivity contribution in [2.75, 3.05) is 26.3 Å². The lowest BCUT2D eigenvalue weighted by Gasteiger charge is -2.00. The second kappa shape index (κ2) is 8.43. The Morgan fingerprint density at radius 1 is 1.29 bits per heavy atom. The predicted molar refractivity (Wildman–Crippen MR) is 62.7 cm³/mol. The largest absolute Gasteiger partial charge is 0.375 e. The van der Waals surface area contributed by atoms with Crippen LogP contribution in [0.4, 0.5) is 8.78 Å². The monoisotopic (exact) mass is 265 g/mol. The highest BCUT2D eigenvalue weighted by Crippen LogP contribution is 2.10. The minimum atomic E-state index is -2.40. The van der Waals surface area contributed by atoms with Crippen LogP contribution in [0.1, 0.15) is 16.9 Å². The minimum absolute atomic E-state index is 0.270. The molecule has 4 nitrogen and oxygen atoms in total. The summed E-state index contributed by atoms with van der Waals surface area (Å²) < 4.78 is 28.3. The highest BCUT2D eigenvalue weighted by molar-refractivity contribution is 7.11. The van der Waals surface area contributed by atoms with Gasteiger partial charge in [-0.3, -0.25) is 0 Å². The number of alkyl halides is 2. The van der Waals surface area contributed by atoms with Gasteiger partial charge in [0.05, 0.1) is 6.61 Å². The topological polar surface area (TPSA) is 47.0 Å². The van der Waals surface area contributed by atoms with Gasteiger partial charge in [-0.05, 0) is 6.54 Å². The molecule has 0 atom stereocenters. The maximum Gasteiger partial charge on any atom is 0.261 e. The smallest absolute Gasteiger partial charge is 0.261 e. The van der Waals surface area contributed by atoms with Gasteiger partial charge in [-0.15, -0.1) is 21.5 Å². The van der Waals surface area contributed by atoms with Crippen molar-refractivity contribution in [2.45, 2.75) is 26.2 Å². The van der Waals surface area contributed by atoms with Gasteiger partial charge in [0.1, 0.15) is 16.6 Å². The maximum atomic E-state index is 11.8. The van der Waals surface area contributed by atoms with Crippen molar-refractivity contribution in [2.24, 2.45) is 0 Å². The van der Waals surface area contributed by atoms with Crippen LogP contribution in [0.2, 0.25) is 0 Å².